The number of carbonyl (C=O) groups is 1. The van der Waals surface area contributed by atoms with Crippen LogP contribution in [0.4, 0.5) is 0 Å². The summed E-state index contributed by atoms with van der Waals surface area (Å²) in [5, 5.41) is 8.68. The second-order valence-electron chi connectivity index (χ2n) is 7.15. The number of carbonyl (C=O) groups excluding carboxylic acids is 1. The average Bonchev–Trinajstić information content (AvgIpc) is 3.34. The fourth-order valence-corrected chi connectivity index (χ4v) is 3.95. The predicted octanol–water partition coefficient (Wildman–Crippen LogP) is 4.22. The molecule has 29 heavy (non-hydrogen) atoms. The predicted molar refractivity (Wildman–Crippen MR) is 116 cm³/mol. The van der Waals surface area contributed by atoms with Crippen molar-refractivity contribution in [1.82, 2.24) is 20.4 Å². The normalized spacial score (nSPS) is 11.3. The summed E-state index contributed by atoms with van der Waals surface area (Å²) in [5.74, 6) is -0.120. The van der Waals surface area contributed by atoms with E-state index in [2.05, 4.69) is 40.6 Å². The number of hydrogen-bond acceptors (Lipinski definition) is 6. The van der Waals surface area contributed by atoms with E-state index in [0.29, 0.717) is 27.7 Å². The summed E-state index contributed by atoms with van der Waals surface area (Å²) < 4.78 is 5.58. The van der Waals surface area contributed by atoms with Crippen molar-refractivity contribution in [2.75, 3.05) is 27.2 Å². The van der Waals surface area contributed by atoms with Gasteiger partial charge in [0.05, 0.1) is 11.6 Å². The molecule has 0 spiro atoms. The molecule has 0 aliphatic heterocycles. The Balaban J connectivity index is 1.58. The third kappa shape index (κ3) is 4.06. The number of aromatic nitrogens is 2. The van der Waals surface area contributed by atoms with E-state index < -0.39 is 0 Å². The van der Waals surface area contributed by atoms with Crippen molar-refractivity contribution in [2.24, 2.45) is 0 Å². The first-order chi connectivity index (χ1) is 14.0. The molecule has 2 heterocycles. The van der Waals surface area contributed by atoms with Crippen molar-refractivity contribution in [3.63, 3.8) is 0 Å². The molecule has 7 heteroatoms. The van der Waals surface area contributed by atoms with Gasteiger partial charge in [0.2, 0.25) is 0 Å². The molecule has 4 rings (SSSR count). The minimum absolute atomic E-state index is 0.120. The van der Waals surface area contributed by atoms with Gasteiger partial charge in [0.15, 0.2) is 5.58 Å². The molecule has 2 aromatic carbocycles. The van der Waals surface area contributed by atoms with Crippen molar-refractivity contribution in [3.05, 3.63) is 59.1 Å². The van der Waals surface area contributed by atoms with E-state index >= 15 is 0 Å². The minimum atomic E-state index is -0.120. The number of fused-ring (bicyclic) bond motifs is 1. The van der Waals surface area contributed by atoms with Gasteiger partial charge in [0.25, 0.3) is 5.91 Å². The van der Waals surface area contributed by atoms with Crippen LogP contribution in [0.15, 0.2) is 53.2 Å². The molecular weight excluding hydrogens is 384 g/mol. The zero-order valence-corrected chi connectivity index (χ0v) is 17.4. The van der Waals surface area contributed by atoms with E-state index in [9.17, 15) is 4.79 Å². The largest absolute Gasteiger partial charge is 0.356 e. The van der Waals surface area contributed by atoms with Gasteiger partial charge in [0, 0.05) is 13.1 Å². The van der Waals surface area contributed by atoms with Crippen molar-refractivity contribution < 1.29 is 9.32 Å². The lowest BCUT2D eigenvalue weighted by molar-refractivity contribution is 0.0955. The molecule has 0 bridgehead atoms. The van der Waals surface area contributed by atoms with Gasteiger partial charge in [-0.25, -0.2) is 4.98 Å². The van der Waals surface area contributed by atoms with E-state index in [0.717, 1.165) is 17.5 Å². The zero-order valence-electron chi connectivity index (χ0n) is 16.6. The molecule has 0 aliphatic carbocycles. The maximum absolute atomic E-state index is 12.3. The number of nitrogens with one attached hydrogen (secondary N) is 1. The van der Waals surface area contributed by atoms with Gasteiger partial charge in [-0.3, -0.25) is 4.79 Å². The van der Waals surface area contributed by atoms with Crippen LogP contribution in [0.2, 0.25) is 0 Å². The van der Waals surface area contributed by atoms with E-state index in [1.54, 1.807) is 6.20 Å². The first-order valence-electron chi connectivity index (χ1n) is 9.37. The van der Waals surface area contributed by atoms with E-state index in [4.69, 9.17) is 4.52 Å². The number of aryl methyl sites for hydroxylation is 1. The molecule has 0 radical (unpaired) electrons. The maximum Gasteiger partial charge on any atom is 0.263 e. The maximum atomic E-state index is 12.3. The zero-order chi connectivity index (χ0) is 20.4. The number of rotatable bonds is 6. The lowest BCUT2D eigenvalue weighted by atomic mass is 10.00. The molecule has 1 N–H and O–H groups in total. The number of benzene rings is 2. The Kier molecular flexibility index (Phi) is 5.42. The Bertz CT molecular complexity index is 1160. The van der Waals surface area contributed by atoms with Crippen LogP contribution in [0.3, 0.4) is 0 Å². The van der Waals surface area contributed by atoms with Crippen LogP contribution in [0, 0.1) is 6.92 Å². The molecular formula is C22H22N4O2S. The number of nitrogens with zero attached hydrogens (tertiary/aromatic N) is 3. The molecule has 1 amide bonds. The summed E-state index contributed by atoms with van der Waals surface area (Å²) in [6.07, 6.45) is 1.59. The molecule has 4 aromatic rings. The first kappa shape index (κ1) is 19.3. The van der Waals surface area contributed by atoms with Gasteiger partial charge in [-0.1, -0.05) is 35.5 Å². The second kappa shape index (κ2) is 8.14. The highest BCUT2D eigenvalue weighted by molar-refractivity contribution is 7.17. The highest BCUT2D eigenvalue weighted by Gasteiger charge is 2.17. The van der Waals surface area contributed by atoms with Gasteiger partial charge in [-0.05, 0) is 49.8 Å². The molecule has 0 saturated carbocycles. The standard InChI is InChI=1S/C22H22N4O2S/c1-14-6-4-5-7-16(14)15-8-9-17-18(12-15)28-25-20(17)22-24-13-19(29-22)21(27)23-10-11-26(2)3/h4-9,12-13H,10-11H2,1-3H3,(H,23,27). The van der Waals surface area contributed by atoms with Gasteiger partial charge in [0.1, 0.15) is 15.6 Å². The Morgan fingerprint density at radius 2 is 2.03 bits per heavy atom. The summed E-state index contributed by atoms with van der Waals surface area (Å²) in [5.41, 5.74) is 4.81. The molecule has 0 aliphatic rings. The molecule has 148 valence electrons. The molecule has 0 fully saturated rings. The molecule has 6 nitrogen and oxygen atoms in total. The number of hydrogen-bond donors (Lipinski definition) is 1. The summed E-state index contributed by atoms with van der Waals surface area (Å²) in [6, 6.07) is 14.3. The SMILES string of the molecule is Cc1ccccc1-c1ccc2c(-c3ncc(C(=O)NCCN(C)C)s3)noc2c1. The minimum Gasteiger partial charge on any atom is -0.356 e. The smallest absolute Gasteiger partial charge is 0.263 e. The molecule has 2 aromatic heterocycles. The Morgan fingerprint density at radius 3 is 2.83 bits per heavy atom. The van der Waals surface area contributed by atoms with Crippen molar-refractivity contribution in [3.8, 4) is 21.8 Å². The Labute approximate surface area is 173 Å². The average molecular weight is 407 g/mol. The quantitative estimate of drug-likeness (QED) is 0.519. The summed E-state index contributed by atoms with van der Waals surface area (Å²) >= 11 is 1.32. The highest BCUT2D eigenvalue weighted by atomic mass is 32.1. The van der Waals surface area contributed by atoms with Crippen molar-refractivity contribution in [1.29, 1.82) is 0 Å². The number of likely N-dealkylation sites (N-methyl/N-ethyl adjacent to an activating group) is 1. The van der Waals surface area contributed by atoms with Gasteiger partial charge >= 0.3 is 0 Å². The van der Waals surface area contributed by atoms with Crippen LogP contribution in [0.1, 0.15) is 15.2 Å². The van der Waals surface area contributed by atoms with Crippen LogP contribution in [-0.2, 0) is 0 Å². The van der Waals surface area contributed by atoms with E-state index in [-0.39, 0.29) is 5.91 Å². The Hall–Kier alpha value is -3.03. The lowest BCUT2D eigenvalue weighted by Crippen LogP contribution is -2.30. The number of amides is 1. The van der Waals surface area contributed by atoms with Crippen LogP contribution < -0.4 is 5.32 Å². The van der Waals surface area contributed by atoms with E-state index in [1.165, 1.54) is 22.5 Å². The topological polar surface area (TPSA) is 71.3 Å². The van der Waals surface area contributed by atoms with Crippen molar-refractivity contribution >= 4 is 28.2 Å². The van der Waals surface area contributed by atoms with Crippen LogP contribution in [-0.4, -0.2) is 48.1 Å². The monoisotopic (exact) mass is 406 g/mol. The van der Waals surface area contributed by atoms with Crippen LogP contribution in [0.25, 0.3) is 32.8 Å². The summed E-state index contributed by atoms with van der Waals surface area (Å²) in [6.45, 7) is 3.47. The fraction of sp³-hybridized carbons (Fsp3) is 0.227. The molecule has 0 atom stereocenters. The molecule has 0 unspecified atom stereocenters. The van der Waals surface area contributed by atoms with Gasteiger partial charge < -0.3 is 14.7 Å². The third-order valence-electron chi connectivity index (χ3n) is 4.70. The fourth-order valence-electron chi connectivity index (χ4n) is 3.12. The summed E-state index contributed by atoms with van der Waals surface area (Å²) in [7, 11) is 3.94. The Morgan fingerprint density at radius 1 is 1.21 bits per heavy atom. The second-order valence-corrected chi connectivity index (χ2v) is 8.18. The number of thiazole rings is 1. The highest BCUT2D eigenvalue weighted by Crippen LogP contribution is 2.34. The first-order valence-corrected chi connectivity index (χ1v) is 10.2. The molecule has 0 saturated heterocycles. The van der Waals surface area contributed by atoms with Gasteiger partial charge in [-0.2, -0.15) is 0 Å². The van der Waals surface area contributed by atoms with E-state index in [1.807, 2.05) is 43.3 Å². The van der Waals surface area contributed by atoms with Gasteiger partial charge in [-0.15, -0.1) is 11.3 Å². The van der Waals surface area contributed by atoms with Crippen LogP contribution in [0.5, 0.6) is 0 Å². The van der Waals surface area contributed by atoms with Crippen molar-refractivity contribution in [2.45, 2.75) is 6.92 Å². The third-order valence-corrected chi connectivity index (χ3v) is 5.71. The lowest BCUT2D eigenvalue weighted by Gasteiger charge is -2.09. The van der Waals surface area contributed by atoms with Crippen LogP contribution >= 0.6 is 11.3 Å². The summed E-state index contributed by atoms with van der Waals surface area (Å²) in [4.78, 5) is 19.3.